The van der Waals surface area contributed by atoms with Crippen molar-refractivity contribution in [3.8, 4) is 0 Å². The second-order valence-corrected chi connectivity index (χ2v) is 8.62. The SMILES string of the molecule is Cc1cc(C)c(N2C(N)=C(C(N)=O)SC2c2cccnc2)cc1SCC(F)(F)F. The summed E-state index contributed by atoms with van der Waals surface area (Å²) in [6.45, 7) is 3.61. The zero-order valence-corrected chi connectivity index (χ0v) is 17.3. The van der Waals surface area contributed by atoms with E-state index >= 15 is 0 Å². The lowest BCUT2D eigenvalue weighted by atomic mass is 10.1. The molecule has 1 unspecified atom stereocenters. The van der Waals surface area contributed by atoms with Gasteiger partial charge in [-0.2, -0.15) is 13.2 Å². The third-order valence-corrected chi connectivity index (χ3v) is 6.87. The van der Waals surface area contributed by atoms with E-state index in [0.717, 1.165) is 28.5 Å². The summed E-state index contributed by atoms with van der Waals surface area (Å²) < 4.78 is 38.2. The minimum Gasteiger partial charge on any atom is -0.384 e. The Balaban J connectivity index is 2.08. The molecule has 0 spiro atoms. The Kier molecular flexibility index (Phi) is 6.04. The lowest BCUT2D eigenvalue weighted by molar-refractivity contribution is -0.114. The topological polar surface area (TPSA) is 85.2 Å². The molecular formula is C19H19F3N4OS2. The number of carbonyl (C=O) groups is 1. The van der Waals surface area contributed by atoms with Crippen LogP contribution in [0.2, 0.25) is 0 Å². The number of primary amides is 1. The molecule has 2 aromatic rings. The van der Waals surface area contributed by atoms with E-state index < -0.39 is 23.2 Å². The third kappa shape index (κ3) is 4.64. The Hall–Kier alpha value is -2.33. The van der Waals surface area contributed by atoms with E-state index in [4.69, 9.17) is 11.5 Å². The van der Waals surface area contributed by atoms with Crippen LogP contribution in [0.1, 0.15) is 22.1 Å². The van der Waals surface area contributed by atoms with Crippen molar-refractivity contribution in [3.05, 3.63) is 64.1 Å². The summed E-state index contributed by atoms with van der Waals surface area (Å²) in [5.41, 5.74) is 14.7. The second kappa shape index (κ2) is 8.19. The molecular weight excluding hydrogens is 421 g/mol. The summed E-state index contributed by atoms with van der Waals surface area (Å²) >= 11 is 1.92. The number of hydrogen-bond donors (Lipinski definition) is 2. The molecule has 154 valence electrons. The van der Waals surface area contributed by atoms with Crippen molar-refractivity contribution >= 4 is 35.1 Å². The fourth-order valence-electron chi connectivity index (χ4n) is 3.04. The predicted molar refractivity (Wildman–Crippen MR) is 110 cm³/mol. The van der Waals surface area contributed by atoms with Gasteiger partial charge in [0.25, 0.3) is 5.91 Å². The Morgan fingerprint density at radius 2 is 2.03 bits per heavy atom. The van der Waals surface area contributed by atoms with Crippen LogP contribution < -0.4 is 16.4 Å². The number of rotatable bonds is 5. The van der Waals surface area contributed by atoms with Crippen LogP contribution in [0.15, 0.2) is 52.3 Å². The zero-order chi connectivity index (χ0) is 21.3. The van der Waals surface area contributed by atoms with Gasteiger partial charge in [0, 0.05) is 28.5 Å². The maximum Gasteiger partial charge on any atom is 0.398 e. The lowest BCUT2D eigenvalue weighted by Crippen LogP contribution is -2.28. The number of nitrogens with two attached hydrogens (primary N) is 2. The molecule has 0 bridgehead atoms. The number of carbonyl (C=O) groups excluding carboxylic acids is 1. The van der Waals surface area contributed by atoms with Crippen LogP contribution >= 0.6 is 23.5 Å². The molecule has 1 aliphatic heterocycles. The molecule has 1 atom stereocenters. The molecule has 0 radical (unpaired) electrons. The smallest absolute Gasteiger partial charge is 0.384 e. The average Bonchev–Trinajstić information content (AvgIpc) is 2.98. The van der Waals surface area contributed by atoms with E-state index in [0.29, 0.717) is 10.6 Å². The number of hydrogen-bond acceptors (Lipinski definition) is 6. The highest BCUT2D eigenvalue weighted by molar-refractivity contribution is 8.04. The molecule has 0 saturated heterocycles. The Labute approximate surface area is 174 Å². The summed E-state index contributed by atoms with van der Waals surface area (Å²) in [5.74, 6) is -1.47. The summed E-state index contributed by atoms with van der Waals surface area (Å²) in [5, 5.41) is -0.409. The van der Waals surface area contributed by atoms with Crippen LogP contribution in [0.25, 0.3) is 0 Å². The molecule has 1 amide bonds. The fourth-order valence-corrected chi connectivity index (χ4v) is 5.00. The van der Waals surface area contributed by atoms with Gasteiger partial charge in [-0.05, 0) is 37.1 Å². The monoisotopic (exact) mass is 440 g/mol. The maximum absolute atomic E-state index is 12.7. The van der Waals surface area contributed by atoms with Crippen molar-refractivity contribution in [2.75, 3.05) is 10.7 Å². The maximum atomic E-state index is 12.7. The van der Waals surface area contributed by atoms with Crippen LogP contribution in [0, 0.1) is 13.8 Å². The zero-order valence-electron chi connectivity index (χ0n) is 15.7. The van der Waals surface area contributed by atoms with Crippen molar-refractivity contribution in [1.82, 2.24) is 4.98 Å². The van der Waals surface area contributed by atoms with Crippen LogP contribution in [-0.4, -0.2) is 22.8 Å². The Morgan fingerprint density at radius 1 is 1.31 bits per heavy atom. The van der Waals surface area contributed by atoms with Gasteiger partial charge in [0.05, 0.1) is 5.75 Å². The predicted octanol–water partition coefficient (Wildman–Crippen LogP) is 4.22. The lowest BCUT2D eigenvalue weighted by Gasteiger charge is -2.29. The third-order valence-electron chi connectivity index (χ3n) is 4.29. The number of alkyl halides is 3. The first-order chi connectivity index (χ1) is 13.6. The van der Waals surface area contributed by atoms with Gasteiger partial charge in [-0.25, -0.2) is 0 Å². The van der Waals surface area contributed by atoms with E-state index in [9.17, 15) is 18.0 Å². The molecule has 2 heterocycles. The number of aryl methyl sites for hydroxylation is 2. The van der Waals surface area contributed by atoms with Crippen LogP contribution in [0.3, 0.4) is 0 Å². The first-order valence-corrected chi connectivity index (χ1v) is 10.4. The highest BCUT2D eigenvalue weighted by atomic mass is 32.2. The molecule has 3 rings (SSSR count). The average molecular weight is 441 g/mol. The number of benzene rings is 1. The number of anilines is 1. The van der Waals surface area contributed by atoms with Gasteiger partial charge in [0.1, 0.15) is 16.1 Å². The molecule has 29 heavy (non-hydrogen) atoms. The van der Waals surface area contributed by atoms with Crippen LogP contribution in [-0.2, 0) is 4.79 Å². The van der Waals surface area contributed by atoms with Gasteiger partial charge in [-0.15, -0.1) is 11.8 Å². The first kappa shape index (κ1) is 21.4. The molecule has 1 aromatic heterocycles. The quantitative estimate of drug-likeness (QED) is 0.678. The summed E-state index contributed by atoms with van der Waals surface area (Å²) in [6.07, 6.45) is -0.991. The second-order valence-electron chi connectivity index (χ2n) is 6.51. The number of thioether (sulfide) groups is 2. The van der Waals surface area contributed by atoms with Crippen molar-refractivity contribution in [1.29, 1.82) is 0 Å². The largest absolute Gasteiger partial charge is 0.398 e. The summed E-state index contributed by atoms with van der Waals surface area (Å²) in [6, 6.07) is 7.10. The fraction of sp³-hybridized carbons (Fsp3) is 0.263. The van der Waals surface area contributed by atoms with Gasteiger partial charge >= 0.3 is 6.18 Å². The summed E-state index contributed by atoms with van der Waals surface area (Å²) in [4.78, 5) is 18.4. The van der Waals surface area contributed by atoms with Crippen molar-refractivity contribution < 1.29 is 18.0 Å². The van der Waals surface area contributed by atoms with E-state index in [2.05, 4.69) is 4.98 Å². The molecule has 10 heteroatoms. The van der Waals surface area contributed by atoms with Crippen molar-refractivity contribution in [2.24, 2.45) is 11.5 Å². The normalized spacial score (nSPS) is 17.1. The first-order valence-electron chi connectivity index (χ1n) is 8.54. The van der Waals surface area contributed by atoms with Gasteiger partial charge in [0.15, 0.2) is 0 Å². The van der Waals surface area contributed by atoms with Gasteiger partial charge < -0.3 is 16.4 Å². The van der Waals surface area contributed by atoms with Crippen molar-refractivity contribution in [3.63, 3.8) is 0 Å². The van der Waals surface area contributed by atoms with Gasteiger partial charge in [0.2, 0.25) is 0 Å². The summed E-state index contributed by atoms with van der Waals surface area (Å²) in [7, 11) is 0. The van der Waals surface area contributed by atoms with E-state index in [1.54, 1.807) is 36.4 Å². The molecule has 0 saturated carbocycles. The van der Waals surface area contributed by atoms with E-state index in [1.807, 2.05) is 19.1 Å². The molecule has 0 aliphatic carbocycles. The highest BCUT2D eigenvalue weighted by Gasteiger charge is 2.37. The van der Waals surface area contributed by atoms with Crippen LogP contribution in [0.5, 0.6) is 0 Å². The molecule has 1 aromatic carbocycles. The van der Waals surface area contributed by atoms with Crippen molar-refractivity contribution in [2.45, 2.75) is 30.3 Å². The molecule has 4 N–H and O–H groups in total. The number of pyridine rings is 1. The van der Waals surface area contributed by atoms with Crippen LogP contribution in [0.4, 0.5) is 18.9 Å². The highest BCUT2D eigenvalue weighted by Crippen LogP contribution is 2.49. The standard InChI is InChI=1S/C19H19F3N4OS2/c1-10-6-11(2)14(28-9-19(20,21)22)7-13(10)26-16(23)15(17(24)27)29-18(26)12-4-3-5-25-8-12/h3-8,18H,9,23H2,1-2H3,(H2,24,27). The number of nitrogens with zero attached hydrogens (tertiary/aromatic N) is 2. The molecule has 1 aliphatic rings. The Morgan fingerprint density at radius 3 is 2.62 bits per heavy atom. The van der Waals surface area contributed by atoms with Gasteiger partial charge in [-0.1, -0.05) is 23.9 Å². The molecule has 0 fully saturated rings. The van der Waals surface area contributed by atoms with E-state index in [-0.39, 0.29) is 10.7 Å². The van der Waals surface area contributed by atoms with Gasteiger partial charge in [-0.3, -0.25) is 9.78 Å². The Bertz CT molecular complexity index is 964. The number of halogens is 3. The number of aromatic nitrogens is 1. The molecule has 5 nitrogen and oxygen atoms in total. The minimum atomic E-state index is -4.28. The number of amides is 1. The van der Waals surface area contributed by atoms with E-state index in [1.165, 1.54) is 11.8 Å². The minimum absolute atomic E-state index is 0.176.